The maximum Gasteiger partial charge on any atom is 0.114 e. The van der Waals surface area contributed by atoms with E-state index >= 15 is 0 Å². The van der Waals surface area contributed by atoms with Crippen molar-refractivity contribution in [1.29, 1.82) is 0 Å². The summed E-state index contributed by atoms with van der Waals surface area (Å²) in [6, 6.07) is 8.44. The summed E-state index contributed by atoms with van der Waals surface area (Å²) >= 11 is 8.55. The van der Waals surface area contributed by atoms with E-state index in [2.05, 4.69) is 77.8 Å². The molecule has 114 valence electrons. The predicted octanol–water partition coefficient (Wildman–Crippen LogP) is 6.60. The minimum Gasteiger partial charge on any atom is -0.383 e. The Morgan fingerprint density at radius 2 is 1.62 bits per heavy atom. The topological polar surface area (TPSA) is 20.2 Å². The average molecular weight is 432 g/mol. The number of aliphatic hydroxyl groups excluding tert-OH is 1. The molecule has 0 fully saturated rings. The SMILES string of the molecule is CC(C)c1ccc(C(O)c2cc(Br)c(Br)s2)c(C(C)C)c1. The van der Waals surface area contributed by atoms with Gasteiger partial charge >= 0.3 is 0 Å². The lowest BCUT2D eigenvalue weighted by Crippen LogP contribution is -2.05. The number of hydrogen-bond acceptors (Lipinski definition) is 2. The van der Waals surface area contributed by atoms with Crippen molar-refractivity contribution in [3.63, 3.8) is 0 Å². The van der Waals surface area contributed by atoms with Crippen molar-refractivity contribution in [3.05, 3.63) is 54.1 Å². The third kappa shape index (κ3) is 3.79. The van der Waals surface area contributed by atoms with Gasteiger partial charge in [0.15, 0.2) is 0 Å². The molecule has 0 aliphatic heterocycles. The molecule has 2 rings (SSSR count). The van der Waals surface area contributed by atoms with Gasteiger partial charge < -0.3 is 5.11 Å². The molecule has 21 heavy (non-hydrogen) atoms. The van der Waals surface area contributed by atoms with Gasteiger partial charge in [0.1, 0.15) is 6.10 Å². The van der Waals surface area contributed by atoms with Crippen LogP contribution in [0.3, 0.4) is 0 Å². The van der Waals surface area contributed by atoms with Crippen LogP contribution in [0.4, 0.5) is 0 Å². The number of thiophene rings is 1. The molecular weight excluding hydrogens is 412 g/mol. The Morgan fingerprint density at radius 1 is 0.952 bits per heavy atom. The minimum atomic E-state index is -0.573. The van der Waals surface area contributed by atoms with Crippen molar-refractivity contribution in [2.75, 3.05) is 0 Å². The molecule has 1 aromatic heterocycles. The Bertz CT molecular complexity index is 612. The van der Waals surface area contributed by atoms with E-state index in [0.29, 0.717) is 11.8 Å². The molecule has 0 saturated carbocycles. The van der Waals surface area contributed by atoms with Crippen molar-refractivity contribution in [1.82, 2.24) is 0 Å². The van der Waals surface area contributed by atoms with E-state index < -0.39 is 6.10 Å². The summed E-state index contributed by atoms with van der Waals surface area (Å²) in [7, 11) is 0. The number of hydrogen-bond donors (Lipinski definition) is 1. The Labute approximate surface area is 147 Å². The first-order valence-electron chi connectivity index (χ1n) is 7.07. The number of halogens is 2. The molecule has 2 aromatic rings. The fourth-order valence-corrected chi connectivity index (χ4v) is 4.45. The first-order chi connectivity index (χ1) is 9.81. The summed E-state index contributed by atoms with van der Waals surface area (Å²) in [5.74, 6) is 0.888. The van der Waals surface area contributed by atoms with Crippen LogP contribution in [0.1, 0.15) is 67.2 Å². The van der Waals surface area contributed by atoms with Gasteiger partial charge in [0.25, 0.3) is 0 Å². The number of aliphatic hydroxyl groups is 1. The highest BCUT2D eigenvalue weighted by atomic mass is 79.9. The van der Waals surface area contributed by atoms with Crippen LogP contribution in [0, 0.1) is 0 Å². The van der Waals surface area contributed by atoms with Crippen LogP contribution in [0.15, 0.2) is 32.5 Å². The van der Waals surface area contributed by atoms with Gasteiger partial charge in [-0.2, -0.15) is 0 Å². The number of rotatable bonds is 4. The molecule has 1 N–H and O–H groups in total. The normalized spacial score (nSPS) is 13.2. The highest BCUT2D eigenvalue weighted by Crippen LogP contribution is 2.39. The lowest BCUT2D eigenvalue weighted by atomic mass is 9.89. The fourth-order valence-electron chi connectivity index (χ4n) is 2.35. The van der Waals surface area contributed by atoms with E-state index in [-0.39, 0.29) is 0 Å². The average Bonchev–Trinajstić information content (AvgIpc) is 2.77. The fraction of sp³-hybridized carbons (Fsp3) is 0.412. The van der Waals surface area contributed by atoms with E-state index in [1.54, 1.807) is 11.3 Å². The van der Waals surface area contributed by atoms with Gasteiger partial charge in [0.05, 0.1) is 3.79 Å². The first-order valence-corrected chi connectivity index (χ1v) is 9.48. The van der Waals surface area contributed by atoms with Gasteiger partial charge in [0.2, 0.25) is 0 Å². The monoisotopic (exact) mass is 430 g/mol. The molecule has 0 bridgehead atoms. The third-order valence-corrected chi connectivity index (χ3v) is 6.94. The Kier molecular flexibility index (Phi) is 5.69. The molecule has 0 aliphatic carbocycles. The van der Waals surface area contributed by atoms with Crippen molar-refractivity contribution in [2.45, 2.75) is 45.6 Å². The molecule has 1 aromatic carbocycles. The zero-order valence-electron chi connectivity index (χ0n) is 12.7. The molecule has 4 heteroatoms. The molecule has 0 spiro atoms. The maximum atomic E-state index is 10.8. The Hall–Kier alpha value is -0.160. The summed E-state index contributed by atoms with van der Waals surface area (Å²) in [5.41, 5.74) is 3.56. The summed E-state index contributed by atoms with van der Waals surface area (Å²) < 4.78 is 2.01. The summed E-state index contributed by atoms with van der Waals surface area (Å²) in [4.78, 5) is 0.952. The molecule has 1 nitrogen and oxygen atoms in total. The highest BCUT2D eigenvalue weighted by Gasteiger charge is 2.20. The van der Waals surface area contributed by atoms with Crippen LogP contribution in [0.2, 0.25) is 0 Å². The molecule has 0 amide bonds. The largest absolute Gasteiger partial charge is 0.383 e. The Balaban J connectivity index is 2.47. The summed E-state index contributed by atoms with van der Waals surface area (Å²) in [6.45, 7) is 8.75. The molecule has 1 unspecified atom stereocenters. The molecule has 1 atom stereocenters. The van der Waals surface area contributed by atoms with Crippen molar-refractivity contribution in [2.24, 2.45) is 0 Å². The molecule has 0 aliphatic rings. The van der Waals surface area contributed by atoms with Crippen LogP contribution in [0.5, 0.6) is 0 Å². The zero-order valence-corrected chi connectivity index (χ0v) is 16.6. The second kappa shape index (κ2) is 6.95. The van der Waals surface area contributed by atoms with E-state index in [4.69, 9.17) is 0 Å². The van der Waals surface area contributed by atoms with Crippen molar-refractivity contribution >= 4 is 43.2 Å². The van der Waals surface area contributed by atoms with Crippen LogP contribution in [-0.2, 0) is 0 Å². The van der Waals surface area contributed by atoms with Crippen LogP contribution in [-0.4, -0.2) is 5.11 Å². The van der Waals surface area contributed by atoms with Gasteiger partial charge in [-0.15, -0.1) is 11.3 Å². The molecule has 0 saturated heterocycles. The summed E-state index contributed by atoms with van der Waals surface area (Å²) in [5, 5.41) is 10.8. The Morgan fingerprint density at radius 3 is 2.10 bits per heavy atom. The highest BCUT2D eigenvalue weighted by molar-refractivity contribution is 9.13. The zero-order chi connectivity index (χ0) is 15.7. The van der Waals surface area contributed by atoms with E-state index in [1.807, 2.05) is 6.07 Å². The first kappa shape index (κ1) is 17.2. The second-order valence-electron chi connectivity index (χ2n) is 5.87. The molecular formula is C17H20Br2OS. The minimum absolute atomic E-state index is 0.389. The van der Waals surface area contributed by atoms with Gasteiger partial charge in [-0.25, -0.2) is 0 Å². The molecule has 1 heterocycles. The van der Waals surface area contributed by atoms with Crippen LogP contribution >= 0.6 is 43.2 Å². The van der Waals surface area contributed by atoms with Crippen molar-refractivity contribution in [3.8, 4) is 0 Å². The van der Waals surface area contributed by atoms with E-state index in [1.165, 1.54) is 11.1 Å². The predicted molar refractivity (Wildman–Crippen MR) is 98.4 cm³/mol. The van der Waals surface area contributed by atoms with Crippen LogP contribution < -0.4 is 0 Å². The van der Waals surface area contributed by atoms with E-state index in [9.17, 15) is 5.11 Å². The standard InChI is InChI=1S/C17H20Br2OS/c1-9(2)11-5-6-12(13(7-11)10(3)4)16(20)15-8-14(18)17(19)21-15/h5-10,16,20H,1-4H3. The summed E-state index contributed by atoms with van der Waals surface area (Å²) in [6.07, 6.45) is -0.573. The third-order valence-electron chi connectivity index (χ3n) is 3.63. The van der Waals surface area contributed by atoms with Gasteiger partial charge in [-0.1, -0.05) is 45.9 Å². The van der Waals surface area contributed by atoms with Gasteiger partial charge in [0, 0.05) is 9.35 Å². The van der Waals surface area contributed by atoms with Crippen molar-refractivity contribution < 1.29 is 5.11 Å². The number of benzene rings is 1. The van der Waals surface area contributed by atoms with Gasteiger partial charge in [-0.05, 0) is 66.5 Å². The lowest BCUT2D eigenvalue weighted by molar-refractivity contribution is 0.222. The van der Waals surface area contributed by atoms with Gasteiger partial charge in [-0.3, -0.25) is 0 Å². The van der Waals surface area contributed by atoms with Crippen LogP contribution in [0.25, 0.3) is 0 Å². The van der Waals surface area contributed by atoms with E-state index in [0.717, 1.165) is 18.7 Å². The molecule has 0 radical (unpaired) electrons. The smallest absolute Gasteiger partial charge is 0.114 e. The second-order valence-corrected chi connectivity index (χ2v) is 9.13. The quantitative estimate of drug-likeness (QED) is 0.577. The maximum absolute atomic E-state index is 10.8. The lowest BCUT2D eigenvalue weighted by Gasteiger charge is -2.19.